The molecule has 0 saturated heterocycles. The monoisotopic (exact) mass is 1240 g/mol. The van der Waals surface area contributed by atoms with Gasteiger partial charge in [0, 0.05) is 29.3 Å². The summed E-state index contributed by atoms with van der Waals surface area (Å²) in [4.78, 5) is 0. The van der Waals surface area contributed by atoms with Gasteiger partial charge in [-0.3, -0.25) is 0 Å². The summed E-state index contributed by atoms with van der Waals surface area (Å²) in [6.07, 6.45) is 37.6. The first-order chi connectivity index (χ1) is 44.8. The molecule has 0 aromatic heterocycles. The molecule has 0 atom stereocenters. The highest BCUT2D eigenvalue weighted by Gasteiger charge is 2.14. The number of ether oxygens (including phenoxy) is 9. The number of unbranched alkanes of at least 4 members (excludes halogenated alkanes) is 18. The van der Waals surface area contributed by atoms with Crippen molar-refractivity contribution in [2.75, 3.05) is 39.6 Å². The van der Waals surface area contributed by atoms with Gasteiger partial charge in [0.25, 0.3) is 0 Å². The maximum absolute atomic E-state index is 9.69. The summed E-state index contributed by atoms with van der Waals surface area (Å²) in [6, 6.07) is 38.8. The van der Waals surface area contributed by atoms with Crippen molar-refractivity contribution in [2.45, 2.75) is 229 Å². The topological polar surface area (TPSA) is 103 Å². The van der Waals surface area contributed by atoms with Crippen LogP contribution in [0.5, 0.6) is 46.0 Å². The third kappa shape index (κ3) is 30.0. The standard InChI is InChI=1S/C81H112O10/c1-7-13-15-17-19-21-23-25-27-29-47-88-80-56-73(81(89-48-30-28-26-24-22-20-18-16-14-8-2)55-72(80)41-39-65-31-35-67(60-82)36-32-65)42-40-66-33-37-68(38-34-66)61-83-62-69-49-78(90-63-70-51-74(84-43-9-3)57-75(52-70)85-44-10-4)59-79(50-69)91-64-71-53-76(86-45-11-5)58-77(54-71)87-46-12-6/h31-42,49-59,82H,7-30,43-48,60-64H2,1-6H3/b41-39+,42-40+. The predicted molar refractivity (Wildman–Crippen MR) is 377 cm³/mol. The lowest BCUT2D eigenvalue weighted by atomic mass is 10.0. The molecule has 0 fully saturated rings. The van der Waals surface area contributed by atoms with E-state index in [0.29, 0.717) is 77.6 Å². The maximum atomic E-state index is 9.69. The molecule has 0 unspecified atom stereocenters. The zero-order chi connectivity index (χ0) is 64.2. The van der Waals surface area contributed by atoms with Crippen LogP contribution in [0.2, 0.25) is 0 Å². The van der Waals surface area contributed by atoms with Gasteiger partial charge in [-0.05, 0) is 126 Å². The molecule has 0 heterocycles. The summed E-state index contributed by atoms with van der Waals surface area (Å²) < 4.78 is 57.1. The zero-order valence-corrected chi connectivity index (χ0v) is 56.6. The third-order valence-electron chi connectivity index (χ3n) is 15.8. The molecular weight excluding hydrogens is 1130 g/mol. The highest BCUT2D eigenvalue weighted by Crippen LogP contribution is 2.34. The van der Waals surface area contributed by atoms with Crippen molar-refractivity contribution in [3.63, 3.8) is 0 Å². The Balaban J connectivity index is 1.17. The van der Waals surface area contributed by atoms with Crippen molar-refractivity contribution in [3.8, 4) is 46.0 Å². The van der Waals surface area contributed by atoms with E-state index in [1.807, 2.05) is 78.9 Å². The Labute approximate surface area is 549 Å². The Morgan fingerprint density at radius 3 is 0.912 bits per heavy atom. The average Bonchev–Trinajstić information content (AvgIpc) is 3.75. The molecule has 0 saturated carbocycles. The fourth-order valence-corrected chi connectivity index (χ4v) is 10.6. The molecule has 0 aliphatic heterocycles. The Morgan fingerprint density at radius 1 is 0.264 bits per heavy atom. The molecule has 0 spiro atoms. The Morgan fingerprint density at radius 2 is 0.571 bits per heavy atom. The largest absolute Gasteiger partial charge is 0.493 e. The number of aliphatic hydroxyl groups excluding tert-OH is 1. The molecule has 6 aromatic rings. The molecule has 0 bridgehead atoms. The first-order valence-corrected chi connectivity index (χ1v) is 35.2. The van der Waals surface area contributed by atoms with Crippen LogP contribution in [0.25, 0.3) is 24.3 Å². The van der Waals surface area contributed by atoms with Crippen LogP contribution in [0, 0.1) is 0 Å². The van der Waals surface area contributed by atoms with Crippen molar-refractivity contribution < 1.29 is 47.7 Å². The van der Waals surface area contributed by atoms with Gasteiger partial charge in [0.15, 0.2) is 0 Å². The van der Waals surface area contributed by atoms with E-state index in [1.165, 1.54) is 103 Å². The van der Waals surface area contributed by atoms with E-state index in [9.17, 15) is 5.11 Å². The zero-order valence-electron chi connectivity index (χ0n) is 56.6. The second-order valence-electron chi connectivity index (χ2n) is 24.2. The number of aliphatic hydroxyl groups is 1. The quantitative estimate of drug-likeness (QED) is 0.0293. The normalized spacial score (nSPS) is 11.4. The summed E-state index contributed by atoms with van der Waals surface area (Å²) >= 11 is 0. The van der Waals surface area contributed by atoms with Crippen LogP contribution in [0.15, 0.2) is 115 Å². The minimum atomic E-state index is 0.0222. The van der Waals surface area contributed by atoms with E-state index in [2.05, 4.69) is 102 Å². The minimum absolute atomic E-state index is 0.0222. The van der Waals surface area contributed by atoms with Gasteiger partial charge in [0.1, 0.15) is 59.2 Å². The van der Waals surface area contributed by atoms with E-state index in [-0.39, 0.29) is 6.61 Å². The molecule has 0 aliphatic rings. The van der Waals surface area contributed by atoms with E-state index >= 15 is 0 Å². The van der Waals surface area contributed by atoms with Gasteiger partial charge >= 0.3 is 0 Å². The number of hydrogen-bond donors (Lipinski definition) is 1. The lowest BCUT2D eigenvalue weighted by molar-refractivity contribution is 0.106. The van der Waals surface area contributed by atoms with Gasteiger partial charge in [0.2, 0.25) is 0 Å². The van der Waals surface area contributed by atoms with Crippen molar-refractivity contribution in [2.24, 2.45) is 0 Å². The van der Waals surface area contributed by atoms with E-state index in [1.54, 1.807) is 0 Å². The Kier molecular flexibility index (Phi) is 36.5. The van der Waals surface area contributed by atoms with Crippen LogP contribution in [0.3, 0.4) is 0 Å². The van der Waals surface area contributed by atoms with Gasteiger partial charge in [-0.2, -0.15) is 0 Å². The van der Waals surface area contributed by atoms with E-state index in [0.717, 1.165) is 136 Å². The molecule has 91 heavy (non-hydrogen) atoms. The van der Waals surface area contributed by atoms with Gasteiger partial charge in [-0.25, -0.2) is 0 Å². The third-order valence-corrected chi connectivity index (χ3v) is 15.8. The highest BCUT2D eigenvalue weighted by atomic mass is 16.5. The summed E-state index contributed by atoms with van der Waals surface area (Å²) in [5, 5.41) is 9.69. The van der Waals surface area contributed by atoms with Gasteiger partial charge in [0.05, 0.1) is 59.5 Å². The molecule has 6 aromatic carbocycles. The lowest BCUT2D eigenvalue weighted by Crippen LogP contribution is -2.03. The van der Waals surface area contributed by atoms with Crippen LogP contribution < -0.4 is 37.9 Å². The average molecular weight is 1250 g/mol. The molecular formula is C81H112O10. The van der Waals surface area contributed by atoms with Crippen LogP contribution in [-0.2, 0) is 37.8 Å². The maximum Gasteiger partial charge on any atom is 0.127 e. The SMILES string of the molecule is CCCCCCCCCCCCOc1cc(/C=C/c2ccc(COCc3cc(OCc4cc(OCCC)cc(OCCC)c4)cc(OCc4cc(OCCC)cc(OCCC)c4)c3)cc2)c(OCCCCCCCCCCCC)cc1/C=C/c1ccc(CO)cc1. The van der Waals surface area contributed by atoms with Crippen molar-refractivity contribution in [1.82, 2.24) is 0 Å². The Bertz CT molecular complexity index is 2810. The molecule has 1 N–H and O–H groups in total. The van der Waals surface area contributed by atoms with Gasteiger partial charge in [-0.1, -0.05) is 230 Å². The predicted octanol–water partition coefficient (Wildman–Crippen LogP) is 22.1. The van der Waals surface area contributed by atoms with Crippen LogP contribution in [0.1, 0.15) is 246 Å². The smallest absolute Gasteiger partial charge is 0.127 e. The molecule has 0 amide bonds. The number of benzene rings is 6. The summed E-state index contributed by atoms with van der Waals surface area (Å²) in [5.74, 6) is 6.05. The summed E-state index contributed by atoms with van der Waals surface area (Å²) in [7, 11) is 0. The van der Waals surface area contributed by atoms with Crippen LogP contribution in [-0.4, -0.2) is 44.7 Å². The number of rotatable bonds is 51. The van der Waals surface area contributed by atoms with E-state index < -0.39 is 0 Å². The van der Waals surface area contributed by atoms with Crippen molar-refractivity contribution in [1.29, 1.82) is 0 Å². The minimum Gasteiger partial charge on any atom is -0.493 e. The molecule has 10 heteroatoms. The van der Waals surface area contributed by atoms with Crippen LogP contribution >= 0.6 is 0 Å². The second kappa shape index (κ2) is 45.4. The molecule has 496 valence electrons. The molecule has 10 nitrogen and oxygen atoms in total. The van der Waals surface area contributed by atoms with Crippen molar-refractivity contribution >= 4 is 24.3 Å². The molecule has 0 aliphatic carbocycles. The van der Waals surface area contributed by atoms with Gasteiger partial charge in [-0.15, -0.1) is 0 Å². The first-order valence-electron chi connectivity index (χ1n) is 35.2. The summed E-state index contributed by atoms with van der Waals surface area (Å²) in [6.45, 7) is 18.1. The van der Waals surface area contributed by atoms with Gasteiger partial charge < -0.3 is 47.7 Å². The van der Waals surface area contributed by atoms with Crippen LogP contribution in [0.4, 0.5) is 0 Å². The fourth-order valence-electron chi connectivity index (χ4n) is 10.6. The first kappa shape index (κ1) is 73.2. The second-order valence-corrected chi connectivity index (χ2v) is 24.2. The van der Waals surface area contributed by atoms with E-state index in [4.69, 9.17) is 42.6 Å². The Hall–Kier alpha value is -6.88. The molecule has 6 rings (SSSR count). The summed E-state index contributed by atoms with van der Waals surface area (Å²) in [5.41, 5.74) is 8.84. The van der Waals surface area contributed by atoms with Crippen molar-refractivity contribution in [3.05, 3.63) is 165 Å². The number of hydrogen-bond acceptors (Lipinski definition) is 10. The lowest BCUT2D eigenvalue weighted by Gasteiger charge is -2.16. The highest BCUT2D eigenvalue weighted by molar-refractivity contribution is 5.79. The fraction of sp³-hybridized carbons (Fsp3) is 0.506. The molecule has 0 radical (unpaired) electrons.